The Labute approximate surface area is 98.4 Å². The average Bonchev–Trinajstić information content (AvgIpc) is 2.33. The lowest BCUT2D eigenvalue weighted by atomic mass is 9.95. The average molecular weight is 251 g/mol. The van der Waals surface area contributed by atoms with E-state index in [-0.39, 0.29) is 21.7 Å². The fraction of sp³-hybridized carbons (Fsp3) is 0.0909. The summed E-state index contributed by atoms with van der Waals surface area (Å²) in [6, 6.07) is 4.31. The van der Waals surface area contributed by atoms with Gasteiger partial charge in [0.15, 0.2) is 0 Å². The van der Waals surface area contributed by atoms with E-state index in [4.69, 9.17) is 5.41 Å². The third kappa shape index (κ3) is 1.81. The maximum atomic E-state index is 11.7. The SMILES string of the molecule is COS(=O)(=O)c1cccc2c1C=CC(=N)C2=O. The summed E-state index contributed by atoms with van der Waals surface area (Å²) in [7, 11) is -2.79. The van der Waals surface area contributed by atoms with Crippen molar-refractivity contribution in [2.24, 2.45) is 0 Å². The van der Waals surface area contributed by atoms with Gasteiger partial charge in [-0.2, -0.15) is 8.42 Å². The van der Waals surface area contributed by atoms with Gasteiger partial charge in [-0.3, -0.25) is 14.4 Å². The topological polar surface area (TPSA) is 84.3 Å². The van der Waals surface area contributed by atoms with Crippen LogP contribution in [0.15, 0.2) is 29.2 Å². The van der Waals surface area contributed by atoms with E-state index in [0.717, 1.165) is 7.11 Å². The van der Waals surface area contributed by atoms with Gasteiger partial charge in [0, 0.05) is 11.1 Å². The number of hydrogen-bond acceptors (Lipinski definition) is 5. The maximum Gasteiger partial charge on any atom is 0.297 e. The molecule has 0 aromatic heterocycles. The highest BCUT2D eigenvalue weighted by atomic mass is 32.2. The van der Waals surface area contributed by atoms with E-state index in [1.165, 1.54) is 30.4 Å². The van der Waals surface area contributed by atoms with Gasteiger partial charge in [0.1, 0.15) is 10.6 Å². The molecular formula is C11H9NO4S. The van der Waals surface area contributed by atoms with E-state index in [1.807, 2.05) is 0 Å². The Morgan fingerprint density at radius 1 is 1.24 bits per heavy atom. The van der Waals surface area contributed by atoms with Gasteiger partial charge in [-0.15, -0.1) is 0 Å². The number of nitrogens with one attached hydrogen (secondary N) is 1. The molecule has 1 aromatic rings. The van der Waals surface area contributed by atoms with Crippen LogP contribution in [0.3, 0.4) is 0 Å². The van der Waals surface area contributed by atoms with Gasteiger partial charge >= 0.3 is 0 Å². The zero-order chi connectivity index (χ0) is 12.6. The van der Waals surface area contributed by atoms with Crippen LogP contribution in [0.25, 0.3) is 6.08 Å². The van der Waals surface area contributed by atoms with E-state index < -0.39 is 15.9 Å². The quantitative estimate of drug-likeness (QED) is 0.802. The number of rotatable bonds is 2. The summed E-state index contributed by atoms with van der Waals surface area (Å²) in [5.74, 6) is -0.490. The van der Waals surface area contributed by atoms with E-state index in [0.29, 0.717) is 0 Å². The maximum absolute atomic E-state index is 11.7. The zero-order valence-electron chi connectivity index (χ0n) is 8.93. The first-order chi connectivity index (χ1) is 7.97. The van der Waals surface area contributed by atoms with Crippen LogP contribution in [0.1, 0.15) is 15.9 Å². The van der Waals surface area contributed by atoms with Crippen LogP contribution in [0.2, 0.25) is 0 Å². The van der Waals surface area contributed by atoms with E-state index in [1.54, 1.807) is 0 Å². The minimum Gasteiger partial charge on any atom is -0.297 e. The molecule has 0 radical (unpaired) electrons. The summed E-state index contributed by atoms with van der Waals surface area (Å²) >= 11 is 0. The second kappa shape index (κ2) is 3.90. The molecule has 0 bridgehead atoms. The largest absolute Gasteiger partial charge is 0.297 e. The molecule has 1 aromatic carbocycles. The number of fused-ring (bicyclic) bond motifs is 1. The number of ketones is 1. The Morgan fingerprint density at radius 2 is 1.94 bits per heavy atom. The molecule has 1 N–H and O–H groups in total. The summed E-state index contributed by atoms with van der Waals surface area (Å²) < 4.78 is 27.7. The number of carbonyl (C=O) groups is 1. The molecule has 0 saturated heterocycles. The molecule has 88 valence electrons. The first-order valence-electron chi connectivity index (χ1n) is 4.72. The van der Waals surface area contributed by atoms with Gasteiger partial charge < -0.3 is 0 Å². The fourth-order valence-corrected chi connectivity index (χ4v) is 2.48. The summed E-state index contributed by atoms with van der Waals surface area (Å²) in [4.78, 5) is 11.6. The zero-order valence-corrected chi connectivity index (χ0v) is 9.74. The number of benzene rings is 1. The van der Waals surface area contributed by atoms with Crippen molar-refractivity contribution in [1.82, 2.24) is 0 Å². The lowest BCUT2D eigenvalue weighted by molar-refractivity contribution is 0.106. The standard InChI is InChI=1S/C11H9NO4S/c1-16-17(14,15)10-4-2-3-8-7(10)5-6-9(12)11(8)13/h2-6,12H,1H3. The van der Waals surface area contributed by atoms with Crippen molar-refractivity contribution < 1.29 is 17.4 Å². The highest BCUT2D eigenvalue weighted by molar-refractivity contribution is 7.86. The van der Waals surface area contributed by atoms with Crippen LogP contribution < -0.4 is 0 Å². The molecule has 0 heterocycles. The second-order valence-electron chi connectivity index (χ2n) is 3.41. The molecule has 5 nitrogen and oxygen atoms in total. The molecule has 17 heavy (non-hydrogen) atoms. The smallest absolute Gasteiger partial charge is 0.297 e. The van der Waals surface area contributed by atoms with Crippen molar-refractivity contribution >= 4 is 27.7 Å². The Bertz CT molecular complexity index is 643. The summed E-state index contributed by atoms with van der Waals surface area (Å²) in [6.45, 7) is 0. The predicted octanol–water partition coefficient (Wildman–Crippen LogP) is 1.25. The van der Waals surface area contributed by atoms with Gasteiger partial charge in [0.25, 0.3) is 10.1 Å². The first kappa shape index (κ1) is 11.7. The van der Waals surface area contributed by atoms with Gasteiger partial charge in [-0.05, 0) is 12.1 Å². The Hall–Kier alpha value is -1.79. The number of Topliss-reactive ketones (excluding diaryl/α,β-unsaturated/α-hetero) is 1. The molecule has 6 heteroatoms. The molecule has 1 aliphatic rings. The van der Waals surface area contributed by atoms with Gasteiger partial charge in [0.05, 0.1) is 7.11 Å². The molecule has 0 fully saturated rings. The first-order valence-corrected chi connectivity index (χ1v) is 6.13. The Kier molecular flexibility index (Phi) is 2.68. The van der Waals surface area contributed by atoms with Crippen LogP contribution in [0.4, 0.5) is 0 Å². The molecular weight excluding hydrogens is 242 g/mol. The van der Waals surface area contributed by atoms with E-state index in [2.05, 4.69) is 4.18 Å². The van der Waals surface area contributed by atoms with E-state index in [9.17, 15) is 13.2 Å². The van der Waals surface area contributed by atoms with E-state index >= 15 is 0 Å². The molecule has 0 atom stereocenters. The molecule has 1 aliphatic carbocycles. The van der Waals surface area contributed by atoms with Crippen LogP contribution in [0, 0.1) is 5.41 Å². The fourth-order valence-electron chi connectivity index (χ4n) is 1.61. The van der Waals surface area contributed by atoms with Crippen LogP contribution in [0.5, 0.6) is 0 Å². The number of hydrogen-bond donors (Lipinski definition) is 1. The Morgan fingerprint density at radius 3 is 2.59 bits per heavy atom. The molecule has 0 spiro atoms. The van der Waals surface area contributed by atoms with Crippen LogP contribution in [-0.2, 0) is 14.3 Å². The molecule has 0 aliphatic heterocycles. The highest BCUT2D eigenvalue weighted by Crippen LogP contribution is 2.26. The molecule has 2 rings (SSSR count). The minimum atomic E-state index is -3.85. The molecule has 0 amide bonds. The minimum absolute atomic E-state index is 0.0606. The third-order valence-electron chi connectivity index (χ3n) is 2.46. The summed E-state index contributed by atoms with van der Waals surface area (Å²) in [5.41, 5.74) is 0.315. The number of allylic oxidation sites excluding steroid dienone is 1. The van der Waals surface area contributed by atoms with Crippen molar-refractivity contribution in [3.05, 3.63) is 35.4 Å². The molecule has 0 saturated carbocycles. The summed E-state index contributed by atoms with van der Waals surface area (Å²) in [5, 5.41) is 7.38. The van der Waals surface area contributed by atoms with Crippen LogP contribution >= 0.6 is 0 Å². The van der Waals surface area contributed by atoms with Crippen molar-refractivity contribution in [3.63, 3.8) is 0 Å². The van der Waals surface area contributed by atoms with Crippen LogP contribution in [-0.4, -0.2) is 27.0 Å². The highest BCUT2D eigenvalue weighted by Gasteiger charge is 2.25. The lowest BCUT2D eigenvalue weighted by Gasteiger charge is -2.13. The molecule has 0 unspecified atom stereocenters. The van der Waals surface area contributed by atoms with Crippen molar-refractivity contribution in [1.29, 1.82) is 5.41 Å². The normalized spacial score (nSPS) is 14.9. The number of carbonyl (C=O) groups excluding carboxylic acids is 1. The summed E-state index contributed by atoms with van der Waals surface area (Å²) in [6.07, 6.45) is 2.71. The van der Waals surface area contributed by atoms with Gasteiger partial charge in [0.2, 0.25) is 5.78 Å². The Balaban J connectivity index is 2.75. The third-order valence-corrected chi connectivity index (χ3v) is 3.79. The monoisotopic (exact) mass is 251 g/mol. The van der Waals surface area contributed by atoms with Gasteiger partial charge in [-0.1, -0.05) is 18.2 Å². The van der Waals surface area contributed by atoms with Crippen molar-refractivity contribution in [2.75, 3.05) is 7.11 Å². The van der Waals surface area contributed by atoms with Crippen molar-refractivity contribution in [3.8, 4) is 0 Å². The predicted molar refractivity (Wildman–Crippen MR) is 61.7 cm³/mol. The second-order valence-corrected chi connectivity index (χ2v) is 5.10. The van der Waals surface area contributed by atoms with Gasteiger partial charge in [-0.25, -0.2) is 0 Å². The van der Waals surface area contributed by atoms with Crippen molar-refractivity contribution in [2.45, 2.75) is 4.90 Å². The lowest BCUT2D eigenvalue weighted by Crippen LogP contribution is -2.18.